The summed E-state index contributed by atoms with van der Waals surface area (Å²) >= 11 is 15.3. The lowest BCUT2D eigenvalue weighted by molar-refractivity contribution is 0.111. The van der Waals surface area contributed by atoms with Gasteiger partial charge in [0.05, 0.1) is 17.7 Å². The van der Waals surface area contributed by atoms with E-state index in [-0.39, 0.29) is 6.61 Å². The van der Waals surface area contributed by atoms with E-state index < -0.39 is 0 Å². The fraction of sp³-hybridized carbons (Fsp3) is 0.133. The maximum absolute atomic E-state index is 11.1. The summed E-state index contributed by atoms with van der Waals surface area (Å²) in [5.74, 6) is 0.994. The molecule has 6 heteroatoms. The third-order valence-corrected chi connectivity index (χ3v) is 3.77. The molecule has 0 aliphatic rings. The van der Waals surface area contributed by atoms with Crippen molar-refractivity contribution in [2.24, 2.45) is 0 Å². The molecule has 0 unspecified atom stereocenters. The van der Waals surface area contributed by atoms with Crippen LogP contribution in [0.4, 0.5) is 0 Å². The van der Waals surface area contributed by atoms with Crippen molar-refractivity contribution in [2.45, 2.75) is 6.61 Å². The quantitative estimate of drug-likeness (QED) is 0.663. The molecule has 2 aromatic carbocycles. The lowest BCUT2D eigenvalue weighted by Gasteiger charge is -2.13. The Kier molecular flexibility index (Phi) is 5.51. The number of methoxy groups -OCH3 is 1. The predicted molar refractivity (Wildman–Crippen MR) is 86.9 cm³/mol. The van der Waals surface area contributed by atoms with Crippen molar-refractivity contribution in [2.75, 3.05) is 7.11 Å². The van der Waals surface area contributed by atoms with Crippen LogP contribution >= 0.6 is 39.1 Å². The first-order valence-electron chi connectivity index (χ1n) is 5.94. The average Bonchev–Trinajstić information content (AvgIpc) is 2.45. The molecule has 0 spiro atoms. The molecular formula is C15H11BrCl2O3. The van der Waals surface area contributed by atoms with Gasteiger partial charge in [-0.1, -0.05) is 39.1 Å². The standard InChI is InChI=1S/C15H11BrCl2O3/c1-20-14-3-2-11(16)4-10(14)8-21-15-9(7-19)5-12(17)6-13(15)18/h2-7H,8H2,1H3. The van der Waals surface area contributed by atoms with Crippen LogP contribution in [0, 0.1) is 0 Å². The predicted octanol–water partition coefficient (Wildman–Crippen LogP) is 5.16. The third kappa shape index (κ3) is 3.90. The zero-order valence-electron chi connectivity index (χ0n) is 11.0. The summed E-state index contributed by atoms with van der Waals surface area (Å²) in [6.45, 7) is 0.213. The molecule has 2 rings (SSSR count). The topological polar surface area (TPSA) is 35.5 Å². The molecule has 0 radical (unpaired) electrons. The van der Waals surface area contributed by atoms with E-state index in [1.165, 1.54) is 12.1 Å². The summed E-state index contributed by atoms with van der Waals surface area (Å²) < 4.78 is 11.8. The van der Waals surface area contributed by atoms with Gasteiger partial charge in [-0.05, 0) is 30.3 Å². The summed E-state index contributed by atoms with van der Waals surface area (Å²) in [7, 11) is 1.58. The molecule has 0 aromatic heterocycles. The van der Waals surface area contributed by atoms with Gasteiger partial charge in [0.15, 0.2) is 6.29 Å². The van der Waals surface area contributed by atoms with Crippen molar-refractivity contribution in [3.05, 3.63) is 56.0 Å². The van der Waals surface area contributed by atoms with Gasteiger partial charge in [0.25, 0.3) is 0 Å². The van der Waals surface area contributed by atoms with Gasteiger partial charge in [-0.15, -0.1) is 0 Å². The van der Waals surface area contributed by atoms with Crippen LogP contribution < -0.4 is 9.47 Å². The van der Waals surface area contributed by atoms with Gasteiger partial charge in [0, 0.05) is 15.1 Å². The Morgan fingerprint density at radius 2 is 2.00 bits per heavy atom. The lowest BCUT2D eigenvalue weighted by atomic mass is 10.2. The Labute approximate surface area is 140 Å². The average molecular weight is 390 g/mol. The van der Waals surface area contributed by atoms with Gasteiger partial charge < -0.3 is 9.47 Å². The summed E-state index contributed by atoms with van der Waals surface area (Å²) in [6.07, 6.45) is 0.658. The van der Waals surface area contributed by atoms with Crippen LogP contribution in [0.25, 0.3) is 0 Å². The molecule has 0 fully saturated rings. The SMILES string of the molecule is COc1ccc(Br)cc1COc1c(Cl)cc(Cl)cc1C=O. The van der Waals surface area contributed by atoms with Gasteiger partial charge >= 0.3 is 0 Å². The Morgan fingerprint density at radius 1 is 1.24 bits per heavy atom. The van der Waals surface area contributed by atoms with E-state index in [2.05, 4.69) is 15.9 Å². The number of halogens is 3. The fourth-order valence-electron chi connectivity index (χ4n) is 1.83. The first-order chi connectivity index (χ1) is 10.0. The zero-order chi connectivity index (χ0) is 15.4. The van der Waals surface area contributed by atoms with Gasteiger partial charge in [-0.2, -0.15) is 0 Å². The van der Waals surface area contributed by atoms with Gasteiger partial charge in [0.1, 0.15) is 18.1 Å². The highest BCUT2D eigenvalue weighted by Gasteiger charge is 2.12. The van der Waals surface area contributed by atoms with E-state index in [9.17, 15) is 4.79 Å². The van der Waals surface area contributed by atoms with Crippen LogP contribution in [-0.2, 0) is 6.61 Å². The molecule has 0 saturated heterocycles. The van der Waals surface area contributed by atoms with E-state index in [0.29, 0.717) is 33.4 Å². The minimum absolute atomic E-state index is 0.213. The molecule has 0 N–H and O–H groups in total. The maximum atomic E-state index is 11.1. The Hall–Kier alpha value is -1.23. The Morgan fingerprint density at radius 3 is 2.67 bits per heavy atom. The van der Waals surface area contributed by atoms with Crippen molar-refractivity contribution in [3.63, 3.8) is 0 Å². The summed E-state index contributed by atoms with van der Waals surface area (Å²) in [6, 6.07) is 8.61. The van der Waals surface area contributed by atoms with Crippen LogP contribution in [0.1, 0.15) is 15.9 Å². The number of rotatable bonds is 5. The van der Waals surface area contributed by atoms with Crippen molar-refractivity contribution in [1.29, 1.82) is 0 Å². The Bertz CT molecular complexity index is 674. The highest BCUT2D eigenvalue weighted by molar-refractivity contribution is 9.10. The van der Waals surface area contributed by atoms with E-state index in [0.717, 1.165) is 10.0 Å². The number of benzene rings is 2. The molecule has 0 aliphatic carbocycles. The molecule has 0 atom stereocenters. The van der Waals surface area contributed by atoms with Gasteiger partial charge in [-0.3, -0.25) is 4.79 Å². The number of aldehydes is 1. The smallest absolute Gasteiger partial charge is 0.153 e. The highest BCUT2D eigenvalue weighted by Crippen LogP contribution is 2.33. The number of hydrogen-bond acceptors (Lipinski definition) is 3. The molecule has 110 valence electrons. The molecule has 0 saturated carbocycles. The first-order valence-corrected chi connectivity index (χ1v) is 7.49. The molecule has 0 heterocycles. The van der Waals surface area contributed by atoms with Crippen molar-refractivity contribution < 1.29 is 14.3 Å². The summed E-state index contributed by atoms with van der Waals surface area (Å²) in [5, 5.41) is 0.674. The van der Waals surface area contributed by atoms with E-state index in [1.54, 1.807) is 7.11 Å². The van der Waals surface area contributed by atoms with Crippen molar-refractivity contribution in [1.82, 2.24) is 0 Å². The van der Waals surface area contributed by atoms with Crippen molar-refractivity contribution in [3.8, 4) is 11.5 Å². The van der Waals surface area contributed by atoms with E-state index >= 15 is 0 Å². The second-order valence-electron chi connectivity index (χ2n) is 4.17. The van der Waals surface area contributed by atoms with Gasteiger partial charge in [0.2, 0.25) is 0 Å². The number of hydrogen-bond donors (Lipinski definition) is 0. The second kappa shape index (κ2) is 7.16. The van der Waals surface area contributed by atoms with Crippen LogP contribution in [0.5, 0.6) is 11.5 Å². The molecule has 2 aromatic rings. The molecule has 0 bridgehead atoms. The normalized spacial score (nSPS) is 10.3. The molecule has 21 heavy (non-hydrogen) atoms. The second-order valence-corrected chi connectivity index (χ2v) is 5.93. The van der Waals surface area contributed by atoms with E-state index in [1.807, 2.05) is 18.2 Å². The zero-order valence-corrected chi connectivity index (χ0v) is 14.1. The van der Waals surface area contributed by atoms with Crippen molar-refractivity contribution >= 4 is 45.4 Å². The minimum atomic E-state index is 0.213. The first kappa shape index (κ1) is 16.1. The van der Waals surface area contributed by atoms with Crippen LogP contribution in [0.15, 0.2) is 34.8 Å². The molecule has 3 nitrogen and oxygen atoms in total. The highest BCUT2D eigenvalue weighted by atomic mass is 79.9. The number of carbonyl (C=O) groups is 1. The van der Waals surface area contributed by atoms with E-state index in [4.69, 9.17) is 32.7 Å². The maximum Gasteiger partial charge on any atom is 0.153 e. The summed E-state index contributed by atoms with van der Waals surface area (Å²) in [5.41, 5.74) is 1.14. The van der Waals surface area contributed by atoms with Crippen LogP contribution in [0.3, 0.4) is 0 Å². The molecular weight excluding hydrogens is 379 g/mol. The molecule has 0 amide bonds. The monoisotopic (exact) mass is 388 g/mol. The van der Waals surface area contributed by atoms with Gasteiger partial charge in [-0.25, -0.2) is 0 Å². The summed E-state index contributed by atoms with van der Waals surface area (Å²) in [4.78, 5) is 11.1. The molecule has 0 aliphatic heterocycles. The number of carbonyl (C=O) groups excluding carboxylic acids is 1. The third-order valence-electron chi connectivity index (χ3n) is 2.78. The minimum Gasteiger partial charge on any atom is -0.496 e. The fourth-order valence-corrected chi connectivity index (χ4v) is 2.80. The van der Waals surface area contributed by atoms with Crippen LogP contribution in [0.2, 0.25) is 10.0 Å². The Balaban J connectivity index is 2.28. The lowest BCUT2D eigenvalue weighted by Crippen LogP contribution is -2.01. The van der Waals surface area contributed by atoms with Crippen LogP contribution in [-0.4, -0.2) is 13.4 Å². The largest absolute Gasteiger partial charge is 0.496 e. The number of ether oxygens (including phenoxy) is 2.